The maximum atomic E-state index is 10.5. The zero-order valence-electron chi connectivity index (χ0n) is 7.54. The molecule has 0 unspecified atom stereocenters. The highest BCUT2D eigenvalue weighted by atomic mass is 79.9. The van der Waals surface area contributed by atoms with Crippen LogP contribution >= 0.6 is 27.5 Å². The van der Waals surface area contributed by atoms with Crippen LogP contribution in [-0.2, 0) is 0 Å². The summed E-state index contributed by atoms with van der Waals surface area (Å²) in [5.41, 5.74) is 0.836. The fraction of sp³-hybridized carbons (Fsp3) is 0. The van der Waals surface area contributed by atoms with E-state index in [2.05, 4.69) is 15.9 Å². The molecule has 0 bridgehead atoms. The first-order valence-corrected chi connectivity index (χ1v) is 5.37. The van der Waals surface area contributed by atoms with Gasteiger partial charge in [0.1, 0.15) is 5.76 Å². The number of benzene rings is 1. The Hall–Kier alpha value is -1.06. The molecule has 0 saturated heterocycles. The van der Waals surface area contributed by atoms with E-state index >= 15 is 0 Å². The van der Waals surface area contributed by atoms with Crippen molar-refractivity contribution < 1.29 is 9.21 Å². The Morgan fingerprint density at radius 1 is 1.27 bits per heavy atom. The average Bonchev–Trinajstić information content (AvgIpc) is 2.64. The number of carbonyl (C=O) groups is 1. The standard InChI is InChI=1S/C11H6BrClO2/c12-8-3-7(4-9(13)5-8)11-2-1-10(6-14)15-11/h1-6H. The lowest BCUT2D eigenvalue weighted by atomic mass is 10.2. The SMILES string of the molecule is O=Cc1ccc(-c2cc(Cl)cc(Br)c2)o1. The fourth-order valence-electron chi connectivity index (χ4n) is 1.27. The van der Waals surface area contributed by atoms with E-state index < -0.39 is 0 Å². The van der Waals surface area contributed by atoms with Gasteiger partial charge in [-0.05, 0) is 30.3 Å². The van der Waals surface area contributed by atoms with Crippen molar-refractivity contribution in [2.45, 2.75) is 0 Å². The van der Waals surface area contributed by atoms with E-state index in [1.165, 1.54) is 0 Å². The number of rotatable bonds is 2. The molecule has 2 aromatic rings. The smallest absolute Gasteiger partial charge is 0.185 e. The van der Waals surface area contributed by atoms with Gasteiger partial charge >= 0.3 is 0 Å². The van der Waals surface area contributed by atoms with Crippen LogP contribution in [0, 0.1) is 0 Å². The zero-order valence-corrected chi connectivity index (χ0v) is 9.88. The minimum atomic E-state index is 0.307. The van der Waals surface area contributed by atoms with Gasteiger partial charge in [0.15, 0.2) is 12.0 Å². The number of furan rings is 1. The summed E-state index contributed by atoms with van der Waals surface area (Å²) >= 11 is 9.24. The summed E-state index contributed by atoms with van der Waals surface area (Å²) in [6, 6.07) is 8.80. The molecule has 0 aliphatic heterocycles. The van der Waals surface area contributed by atoms with Crippen molar-refractivity contribution in [3.63, 3.8) is 0 Å². The van der Waals surface area contributed by atoms with Crippen molar-refractivity contribution in [2.24, 2.45) is 0 Å². The molecule has 76 valence electrons. The number of hydrogen-bond donors (Lipinski definition) is 0. The van der Waals surface area contributed by atoms with E-state index in [1.54, 1.807) is 24.3 Å². The van der Waals surface area contributed by atoms with Crippen LogP contribution in [0.2, 0.25) is 5.02 Å². The Morgan fingerprint density at radius 2 is 2.07 bits per heavy atom. The van der Waals surface area contributed by atoms with Crippen LogP contribution in [0.25, 0.3) is 11.3 Å². The van der Waals surface area contributed by atoms with Gasteiger partial charge in [0.05, 0.1) is 0 Å². The molecular formula is C11H6BrClO2. The quantitative estimate of drug-likeness (QED) is 0.775. The zero-order chi connectivity index (χ0) is 10.8. The second-order valence-electron chi connectivity index (χ2n) is 2.98. The molecule has 15 heavy (non-hydrogen) atoms. The number of aldehydes is 1. The minimum absolute atomic E-state index is 0.307. The van der Waals surface area contributed by atoms with Crippen LogP contribution in [-0.4, -0.2) is 6.29 Å². The molecule has 4 heteroatoms. The third kappa shape index (κ3) is 2.30. The van der Waals surface area contributed by atoms with Gasteiger partial charge in [-0.1, -0.05) is 27.5 Å². The van der Waals surface area contributed by atoms with Gasteiger partial charge in [-0.3, -0.25) is 4.79 Å². The molecule has 1 heterocycles. The molecule has 1 aromatic heterocycles. The summed E-state index contributed by atoms with van der Waals surface area (Å²) in [4.78, 5) is 10.5. The Morgan fingerprint density at radius 3 is 2.67 bits per heavy atom. The highest BCUT2D eigenvalue weighted by Gasteiger charge is 2.05. The molecule has 0 aliphatic rings. The Bertz CT molecular complexity index is 485. The maximum Gasteiger partial charge on any atom is 0.185 e. The molecule has 1 aromatic carbocycles. The summed E-state index contributed by atoms with van der Waals surface area (Å²) in [5.74, 6) is 0.932. The number of hydrogen-bond acceptors (Lipinski definition) is 2. The van der Waals surface area contributed by atoms with E-state index in [1.807, 2.05) is 6.07 Å². The number of carbonyl (C=O) groups excluding carboxylic acids is 1. The molecule has 0 saturated carbocycles. The average molecular weight is 286 g/mol. The van der Waals surface area contributed by atoms with Crippen molar-refractivity contribution >= 4 is 33.8 Å². The first kappa shape index (κ1) is 10.5. The maximum absolute atomic E-state index is 10.5. The summed E-state index contributed by atoms with van der Waals surface area (Å²) < 4.78 is 6.15. The molecule has 0 radical (unpaired) electrons. The van der Waals surface area contributed by atoms with Gasteiger partial charge in [-0.25, -0.2) is 0 Å². The lowest BCUT2D eigenvalue weighted by Crippen LogP contribution is -1.75. The molecule has 0 amide bonds. The third-order valence-corrected chi connectivity index (χ3v) is 2.57. The van der Waals surface area contributed by atoms with Crippen LogP contribution in [0.5, 0.6) is 0 Å². The van der Waals surface area contributed by atoms with E-state index in [0.29, 0.717) is 22.8 Å². The van der Waals surface area contributed by atoms with Crippen molar-refractivity contribution in [2.75, 3.05) is 0 Å². The van der Waals surface area contributed by atoms with E-state index in [9.17, 15) is 4.79 Å². The summed E-state index contributed by atoms with van der Waals surface area (Å²) in [7, 11) is 0. The lowest BCUT2D eigenvalue weighted by Gasteiger charge is -1.99. The largest absolute Gasteiger partial charge is 0.453 e. The van der Waals surface area contributed by atoms with Gasteiger partial charge in [-0.15, -0.1) is 0 Å². The highest BCUT2D eigenvalue weighted by molar-refractivity contribution is 9.10. The van der Waals surface area contributed by atoms with E-state index in [0.717, 1.165) is 10.0 Å². The molecule has 2 rings (SSSR count). The van der Waals surface area contributed by atoms with Crippen LogP contribution in [0.1, 0.15) is 10.6 Å². The molecule has 0 aliphatic carbocycles. The van der Waals surface area contributed by atoms with Crippen molar-refractivity contribution in [3.8, 4) is 11.3 Å². The lowest BCUT2D eigenvalue weighted by molar-refractivity contribution is 0.110. The van der Waals surface area contributed by atoms with Crippen molar-refractivity contribution in [1.29, 1.82) is 0 Å². The van der Waals surface area contributed by atoms with Crippen LogP contribution in [0.4, 0.5) is 0 Å². The highest BCUT2D eigenvalue weighted by Crippen LogP contribution is 2.28. The molecule has 2 nitrogen and oxygen atoms in total. The van der Waals surface area contributed by atoms with Crippen LogP contribution < -0.4 is 0 Å². The molecular weight excluding hydrogens is 279 g/mol. The van der Waals surface area contributed by atoms with Crippen molar-refractivity contribution in [3.05, 3.63) is 45.6 Å². The first-order valence-electron chi connectivity index (χ1n) is 4.20. The third-order valence-electron chi connectivity index (χ3n) is 1.89. The summed E-state index contributed by atoms with van der Waals surface area (Å²) in [6.07, 6.45) is 0.670. The van der Waals surface area contributed by atoms with E-state index in [4.69, 9.17) is 16.0 Å². The predicted molar refractivity (Wildman–Crippen MR) is 62.2 cm³/mol. The Kier molecular flexibility index (Phi) is 2.93. The normalized spacial score (nSPS) is 10.3. The van der Waals surface area contributed by atoms with Crippen LogP contribution in [0.15, 0.2) is 39.2 Å². The Balaban J connectivity index is 2.48. The van der Waals surface area contributed by atoms with Crippen LogP contribution in [0.3, 0.4) is 0 Å². The second kappa shape index (κ2) is 4.21. The van der Waals surface area contributed by atoms with Gasteiger partial charge < -0.3 is 4.42 Å². The molecule has 0 spiro atoms. The van der Waals surface area contributed by atoms with E-state index in [-0.39, 0.29) is 0 Å². The number of halogens is 2. The van der Waals surface area contributed by atoms with Crippen molar-refractivity contribution in [1.82, 2.24) is 0 Å². The van der Waals surface area contributed by atoms with Gasteiger partial charge in [-0.2, -0.15) is 0 Å². The Labute approximate surface area is 100.0 Å². The second-order valence-corrected chi connectivity index (χ2v) is 4.33. The summed E-state index contributed by atoms with van der Waals surface area (Å²) in [5, 5.41) is 0.614. The first-order chi connectivity index (χ1) is 7.19. The minimum Gasteiger partial charge on any atom is -0.453 e. The van der Waals surface area contributed by atoms with Gasteiger partial charge in [0.25, 0.3) is 0 Å². The molecule has 0 N–H and O–H groups in total. The topological polar surface area (TPSA) is 30.2 Å². The fourth-order valence-corrected chi connectivity index (χ4v) is 2.13. The summed E-state index contributed by atoms with van der Waals surface area (Å²) in [6.45, 7) is 0. The molecule has 0 fully saturated rings. The molecule has 0 atom stereocenters. The van der Waals surface area contributed by atoms with Gasteiger partial charge in [0, 0.05) is 15.1 Å². The van der Waals surface area contributed by atoms with Gasteiger partial charge in [0.2, 0.25) is 0 Å². The predicted octanol–water partition coefficient (Wildman–Crippen LogP) is 4.18. The monoisotopic (exact) mass is 284 g/mol.